The Morgan fingerprint density at radius 2 is 1.94 bits per heavy atom. The van der Waals surface area contributed by atoms with Crippen LogP contribution in [0, 0.1) is 5.41 Å². The average Bonchev–Trinajstić information content (AvgIpc) is 2.39. The lowest BCUT2D eigenvalue weighted by atomic mass is 9.89. The standard InChI is InChI=1S/C15H23NO2/c1-4-15(2,3)14(18)16-11-10-13(17)12-8-6-5-7-9-12/h5-9,13,17H,4,10-11H2,1-3H3,(H,16,18). The van der Waals surface area contributed by atoms with Crippen molar-refractivity contribution in [3.63, 3.8) is 0 Å². The van der Waals surface area contributed by atoms with Crippen LogP contribution in [-0.2, 0) is 4.79 Å². The summed E-state index contributed by atoms with van der Waals surface area (Å²) in [7, 11) is 0. The van der Waals surface area contributed by atoms with E-state index in [1.165, 1.54) is 0 Å². The summed E-state index contributed by atoms with van der Waals surface area (Å²) in [6, 6.07) is 9.50. The summed E-state index contributed by atoms with van der Waals surface area (Å²) < 4.78 is 0. The number of rotatable bonds is 6. The molecule has 0 aliphatic heterocycles. The van der Waals surface area contributed by atoms with Gasteiger partial charge in [0.05, 0.1) is 6.10 Å². The fourth-order valence-corrected chi connectivity index (χ4v) is 1.56. The minimum absolute atomic E-state index is 0.0465. The fraction of sp³-hybridized carbons (Fsp3) is 0.533. The molecule has 0 bridgehead atoms. The van der Waals surface area contributed by atoms with Crippen LogP contribution in [0.2, 0.25) is 0 Å². The van der Waals surface area contributed by atoms with E-state index in [1.807, 2.05) is 51.1 Å². The lowest BCUT2D eigenvalue weighted by molar-refractivity contribution is -0.129. The Morgan fingerprint density at radius 3 is 2.50 bits per heavy atom. The molecule has 0 saturated carbocycles. The van der Waals surface area contributed by atoms with Gasteiger partial charge < -0.3 is 10.4 Å². The molecule has 1 rings (SSSR count). The van der Waals surface area contributed by atoms with Crippen LogP contribution in [0.1, 0.15) is 45.3 Å². The number of aliphatic hydroxyl groups excluding tert-OH is 1. The monoisotopic (exact) mass is 249 g/mol. The van der Waals surface area contributed by atoms with E-state index in [-0.39, 0.29) is 11.3 Å². The lowest BCUT2D eigenvalue weighted by Crippen LogP contribution is -2.37. The van der Waals surface area contributed by atoms with E-state index in [2.05, 4.69) is 5.32 Å². The number of carbonyl (C=O) groups is 1. The Bertz CT molecular complexity index is 373. The molecular formula is C15H23NO2. The summed E-state index contributed by atoms with van der Waals surface area (Å²) in [4.78, 5) is 11.8. The molecule has 1 unspecified atom stereocenters. The highest BCUT2D eigenvalue weighted by Gasteiger charge is 2.24. The lowest BCUT2D eigenvalue weighted by Gasteiger charge is -2.22. The van der Waals surface area contributed by atoms with Crippen molar-refractivity contribution in [2.45, 2.75) is 39.7 Å². The second-order valence-electron chi connectivity index (χ2n) is 5.21. The van der Waals surface area contributed by atoms with E-state index < -0.39 is 6.10 Å². The van der Waals surface area contributed by atoms with E-state index in [9.17, 15) is 9.90 Å². The summed E-state index contributed by atoms with van der Waals surface area (Å²) in [5, 5.41) is 12.8. The van der Waals surface area contributed by atoms with Crippen LogP contribution in [0.15, 0.2) is 30.3 Å². The van der Waals surface area contributed by atoms with Crippen LogP contribution in [0.25, 0.3) is 0 Å². The maximum atomic E-state index is 11.8. The van der Waals surface area contributed by atoms with Gasteiger partial charge in [0.15, 0.2) is 0 Å². The van der Waals surface area contributed by atoms with Gasteiger partial charge in [0.2, 0.25) is 5.91 Å². The van der Waals surface area contributed by atoms with Crippen molar-refractivity contribution in [1.82, 2.24) is 5.32 Å². The Morgan fingerprint density at radius 1 is 1.33 bits per heavy atom. The van der Waals surface area contributed by atoms with Crippen LogP contribution in [0.5, 0.6) is 0 Å². The van der Waals surface area contributed by atoms with Crippen molar-refractivity contribution in [3.05, 3.63) is 35.9 Å². The summed E-state index contributed by atoms with van der Waals surface area (Å²) in [6.45, 7) is 6.35. The van der Waals surface area contributed by atoms with Gasteiger partial charge in [-0.3, -0.25) is 4.79 Å². The molecule has 0 aliphatic rings. The van der Waals surface area contributed by atoms with Gasteiger partial charge in [0, 0.05) is 12.0 Å². The van der Waals surface area contributed by atoms with Crippen LogP contribution >= 0.6 is 0 Å². The maximum absolute atomic E-state index is 11.8. The van der Waals surface area contributed by atoms with Crippen molar-refractivity contribution in [1.29, 1.82) is 0 Å². The van der Waals surface area contributed by atoms with Crippen molar-refractivity contribution >= 4 is 5.91 Å². The Kier molecular flexibility index (Phi) is 5.35. The van der Waals surface area contributed by atoms with Gasteiger partial charge in [0.25, 0.3) is 0 Å². The number of nitrogens with one attached hydrogen (secondary N) is 1. The molecule has 100 valence electrons. The molecule has 0 aliphatic carbocycles. The van der Waals surface area contributed by atoms with Crippen molar-refractivity contribution < 1.29 is 9.90 Å². The predicted molar refractivity (Wildman–Crippen MR) is 73.1 cm³/mol. The largest absolute Gasteiger partial charge is 0.388 e. The second kappa shape index (κ2) is 6.55. The quantitative estimate of drug-likeness (QED) is 0.814. The Balaban J connectivity index is 2.37. The van der Waals surface area contributed by atoms with Crippen molar-refractivity contribution in [3.8, 4) is 0 Å². The van der Waals surface area contributed by atoms with Gasteiger partial charge in [0.1, 0.15) is 0 Å². The molecule has 0 heterocycles. The maximum Gasteiger partial charge on any atom is 0.225 e. The number of hydrogen-bond acceptors (Lipinski definition) is 2. The molecule has 0 radical (unpaired) electrons. The van der Waals surface area contributed by atoms with E-state index in [0.29, 0.717) is 13.0 Å². The first-order valence-corrected chi connectivity index (χ1v) is 6.48. The molecule has 3 heteroatoms. The molecule has 1 atom stereocenters. The SMILES string of the molecule is CCC(C)(C)C(=O)NCCC(O)c1ccccc1. The highest BCUT2D eigenvalue weighted by atomic mass is 16.3. The van der Waals surface area contributed by atoms with Gasteiger partial charge in [-0.2, -0.15) is 0 Å². The normalized spacial score (nSPS) is 13.1. The summed E-state index contributed by atoms with van der Waals surface area (Å²) in [6.07, 6.45) is 0.826. The summed E-state index contributed by atoms with van der Waals surface area (Å²) >= 11 is 0. The average molecular weight is 249 g/mol. The third-order valence-electron chi connectivity index (χ3n) is 3.39. The van der Waals surface area contributed by atoms with Gasteiger partial charge >= 0.3 is 0 Å². The molecule has 0 saturated heterocycles. The summed E-state index contributed by atoms with van der Waals surface area (Å²) in [5.41, 5.74) is 0.555. The number of benzene rings is 1. The van der Waals surface area contributed by atoms with Crippen molar-refractivity contribution in [2.24, 2.45) is 5.41 Å². The minimum atomic E-state index is -0.517. The van der Waals surface area contributed by atoms with Crippen LogP contribution in [0.4, 0.5) is 0 Å². The van der Waals surface area contributed by atoms with E-state index in [0.717, 1.165) is 12.0 Å². The number of carbonyl (C=O) groups excluding carboxylic acids is 1. The number of aliphatic hydroxyl groups is 1. The third kappa shape index (κ3) is 4.15. The summed E-state index contributed by atoms with van der Waals surface area (Å²) in [5.74, 6) is 0.0465. The first-order chi connectivity index (χ1) is 8.47. The molecule has 18 heavy (non-hydrogen) atoms. The molecule has 1 amide bonds. The third-order valence-corrected chi connectivity index (χ3v) is 3.39. The van der Waals surface area contributed by atoms with E-state index in [1.54, 1.807) is 0 Å². The molecule has 3 nitrogen and oxygen atoms in total. The molecule has 0 fully saturated rings. The van der Waals surface area contributed by atoms with Gasteiger partial charge in [-0.25, -0.2) is 0 Å². The van der Waals surface area contributed by atoms with Gasteiger partial charge in [-0.05, 0) is 18.4 Å². The van der Waals surface area contributed by atoms with E-state index in [4.69, 9.17) is 0 Å². The zero-order valence-corrected chi connectivity index (χ0v) is 11.4. The molecule has 1 aromatic rings. The van der Waals surface area contributed by atoms with Crippen LogP contribution in [-0.4, -0.2) is 17.6 Å². The highest BCUT2D eigenvalue weighted by Crippen LogP contribution is 2.20. The molecular weight excluding hydrogens is 226 g/mol. The smallest absolute Gasteiger partial charge is 0.225 e. The number of amides is 1. The van der Waals surface area contributed by atoms with Crippen LogP contribution < -0.4 is 5.32 Å². The van der Waals surface area contributed by atoms with Gasteiger partial charge in [-0.15, -0.1) is 0 Å². The molecule has 0 aromatic heterocycles. The Labute approximate surface area is 109 Å². The molecule has 1 aromatic carbocycles. The molecule has 0 spiro atoms. The highest BCUT2D eigenvalue weighted by molar-refractivity contribution is 5.81. The van der Waals surface area contributed by atoms with Crippen molar-refractivity contribution in [2.75, 3.05) is 6.54 Å². The fourth-order valence-electron chi connectivity index (χ4n) is 1.56. The van der Waals surface area contributed by atoms with Gasteiger partial charge in [-0.1, -0.05) is 51.1 Å². The first kappa shape index (κ1) is 14.7. The minimum Gasteiger partial charge on any atom is -0.388 e. The predicted octanol–water partition coefficient (Wildman–Crippen LogP) is 2.66. The topological polar surface area (TPSA) is 49.3 Å². The second-order valence-corrected chi connectivity index (χ2v) is 5.21. The first-order valence-electron chi connectivity index (χ1n) is 6.48. The molecule has 2 N–H and O–H groups in total. The Hall–Kier alpha value is -1.35. The zero-order chi connectivity index (χ0) is 13.6. The zero-order valence-electron chi connectivity index (χ0n) is 11.4. The number of hydrogen-bond donors (Lipinski definition) is 2. The van der Waals surface area contributed by atoms with Crippen LogP contribution in [0.3, 0.4) is 0 Å². The van der Waals surface area contributed by atoms with E-state index >= 15 is 0 Å².